The number of carbonyl (C=O) groups is 1. The van der Waals surface area contributed by atoms with E-state index in [1.807, 2.05) is 6.92 Å². The van der Waals surface area contributed by atoms with E-state index in [-0.39, 0.29) is 22.7 Å². The van der Waals surface area contributed by atoms with Crippen LogP contribution in [0.2, 0.25) is 0 Å². The summed E-state index contributed by atoms with van der Waals surface area (Å²) in [5, 5.41) is 10.4. The van der Waals surface area contributed by atoms with Crippen LogP contribution in [0.5, 0.6) is 0 Å². The maximum atomic E-state index is 12.9. The van der Waals surface area contributed by atoms with Gasteiger partial charge in [0.15, 0.2) is 0 Å². The Bertz CT molecular complexity index is 1520. The lowest BCUT2D eigenvalue weighted by Gasteiger charge is -2.18. The molecule has 2 unspecified atom stereocenters. The summed E-state index contributed by atoms with van der Waals surface area (Å²) < 4.78 is 51.3. The summed E-state index contributed by atoms with van der Waals surface area (Å²) in [6.07, 6.45) is 5.49. The quantitative estimate of drug-likeness (QED) is 0.0533. The van der Waals surface area contributed by atoms with Crippen LogP contribution in [0.15, 0.2) is 65.6 Å². The van der Waals surface area contributed by atoms with Gasteiger partial charge in [0.25, 0.3) is 16.0 Å². The zero-order valence-electron chi connectivity index (χ0n) is 22.3. The van der Waals surface area contributed by atoms with Gasteiger partial charge in [-0.3, -0.25) is 13.9 Å². The Balaban J connectivity index is 1.52. The van der Waals surface area contributed by atoms with Crippen LogP contribution in [0.25, 0.3) is 10.8 Å². The van der Waals surface area contributed by atoms with Crippen LogP contribution in [0, 0.1) is 12.1 Å². The average molecular weight is 622 g/mol. The number of carbonyl (C=O) groups excluding carboxylic acids is 1. The first kappa shape index (κ1) is 31.9. The molecule has 0 aromatic heterocycles. The molecule has 0 radical (unpaired) electrons. The van der Waals surface area contributed by atoms with Crippen molar-refractivity contribution in [1.82, 2.24) is 5.32 Å². The zero-order valence-corrected chi connectivity index (χ0v) is 25.6. The minimum Gasteiger partial charge on any atom is -0.383 e. The van der Waals surface area contributed by atoms with E-state index >= 15 is 0 Å². The average Bonchev–Trinajstić information content (AvgIpc) is 2.92. The van der Waals surface area contributed by atoms with Crippen LogP contribution in [-0.2, 0) is 19.2 Å². The van der Waals surface area contributed by atoms with Gasteiger partial charge in [0.1, 0.15) is 4.90 Å². The van der Waals surface area contributed by atoms with Gasteiger partial charge in [0, 0.05) is 57.0 Å². The molecule has 3 rings (SSSR count). The predicted molar refractivity (Wildman–Crippen MR) is 167 cm³/mol. The molecule has 0 bridgehead atoms. The van der Waals surface area contributed by atoms with E-state index in [1.165, 1.54) is 6.07 Å². The highest BCUT2D eigenvalue weighted by atomic mass is 33.1. The summed E-state index contributed by atoms with van der Waals surface area (Å²) in [6, 6.07) is 16.1. The molecule has 0 saturated carbocycles. The molecule has 4 N–H and O–H groups in total. The van der Waals surface area contributed by atoms with Crippen molar-refractivity contribution in [3.05, 3.63) is 66.2 Å². The molecule has 0 aliphatic carbocycles. The number of hydrogen-bond acceptors (Lipinski definition) is 8. The molecule has 9 nitrogen and oxygen atoms in total. The highest BCUT2D eigenvalue weighted by Gasteiger charge is 2.22. The minimum absolute atomic E-state index is 0.103. The van der Waals surface area contributed by atoms with Crippen molar-refractivity contribution in [2.45, 2.75) is 36.2 Å². The second-order valence-electron chi connectivity index (χ2n) is 9.03. The van der Waals surface area contributed by atoms with Crippen LogP contribution in [0.1, 0.15) is 31.1 Å². The first-order valence-corrected chi connectivity index (χ1v) is 17.7. The lowest BCUT2D eigenvalue weighted by Crippen LogP contribution is -2.28. The molecule has 2 atom stereocenters. The molecule has 40 heavy (non-hydrogen) atoms. The van der Waals surface area contributed by atoms with Crippen LogP contribution in [0.3, 0.4) is 0 Å². The van der Waals surface area contributed by atoms with E-state index in [2.05, 4.69) is 35.2 Å². The first-order chi connectivity index (χ1) is 18.9. The third-order valence-corrected chi connectivity index (χ3v) is 11.1. The van der Waals surface area contributed by atoms with Crippen LogP contribution in [0.4, 0.5) is 11.4 Å². The van der Waals surface area contributed by atoms with Gasteiger partial charge in [0.2, 0.25) is 0 Å². The maximum absolute atomic E-state index is 12.9. The monoisotopic (exact) mass is 621 g/mol. The molecule has 0 aliphatic rings. The van der Waals surface area contributed by atoms with Crippen molar-refractivity contribution < 1.29 is 26.9 Å². The molecule has 0 saturated heterocycles. The topological polar surface area (TPSA) is 134 Å². The van der Waals surface area contributed by atoms with Crippen LogP contribution in [-0.4, -0.2) is 49.1 Å². The number of hydrogen-bond donors (Lipinski definition) is 4. The van der Waals surface area contributed by atoms with E-state index in [4.69, 9.17) is 10.9 Å². The number of terminal acetylenes is 1. The summed E-state index contributed by atoms with van der Waals surface area (Å²) in [6.45, 7) is 7.06. The Morgan fingerprint density at radius 1 is 1.02 bits per heavy atom. The second-order valence-corrected chi connectivity index (χ2v) is 15.6. The van der Waals surface area contributed by atoms with E-state index in [9.17, 15) is 22.3 Å². The number of nitrogens with one attached hydrogen (secondary N) is 3. The Labute approximate surface area is 243 Å². The number of amides is 1. The van der Waals surface area contributed by atoms with Gasteiger partial charge in [-0.2, -0.15) is 8.42 Å². The molecule has 214 valence electrons. The highest BCUT2D eigenvalue weighted by molar-refractivity contribution is 8.77. The second kappa shape index (κ2) is 14.3. The lowest BCUT2D eigenvalue weighted by atomic mass is 10.1. The molecule has 1 amide bonds. The van der Waals surface area contributed by atoms with Crippen molar-refractivity contribution in [2.75, 3.05) is 30.1 Å². The summed E-state index contributed by atoms with van der Waals surface area (Å²) in [4.78, 5) is 12.4. The lowest BCUT2D eigenvalue weighted by molar-refractivity contribution is 0.0955. The Kier molecular flexibility index (Phi) is 11.4. The van der Waals surface area contributed by atoms with E-state index < -0.39 is 17.6 Å². The smallest absolute Gasteiger partial charge is 0.367 e. The third-order valence-electron chi connectivity index (χ3n) is 5.38. The molecule has 0 aliphatic heterocycles. The number of benzene rings is 3. The normalized spacial score (nSPS) is 13.8. The van der Waals surface area contributed by atoms with Crippen molar-refractivity contribution in [3.63, 3.8) is 0 Å². The molecule has 0 fully saturated rings. The standard InChI is InChI=1S/C27H32N3O6PS3/c1-5-37(32,36-18-20(4)39-38-19(2)3)30-22-14-12-21(13-15-22)27(31)29-17-16-28-25-10-6-9-24-23(25)8-7-11-26(24)40(33,34)35/h1,6-15,19-20,28H,16-18H2,2-4H3,(H,29,31)(H,30,32)(H,33,34,35). The molecule has 3 aromatic carbocycles. The van der Waals surface area contributed by atoms with Crippen molar-refractivity contribution in [1.29, 1.82) is 0 Å². The van der Waals surface area contributed by atoms with Crippen molar-refractivity contribution in [3.8, 4) is 12.1 Å². The fraction of sp³-hybridized carbons (Fsp3) is 0.296. The van der Waals surface area contributed by atoms with Crippen LogP contribution >= 0.6 is 29.1 Å². The SMILES string of the molecule is C#CP(=O)(Nc1ccc(C(=O)NCCNc2cccc3c(S(=O)(=O)O)cccc23)cc1)OCC(C)SSC(C)C. The van der Waals surface area contributed by atoms with Crippen molar-refractivity contribution in [2.24, 2.45) is 0 Å². The minimum atomic E-state index is -4.36. The van der Waals surface area contributed by atoms with Gasteiger partial charge in [-0.1, -0.05) is 66.6 Å². The highest BCUT2D eigenvalue weighted by Crippen LogP contribution is 2.46. The third kappa shape index (κ3) is 9.20. The first-order valence-electron chi connectivity index (χ1n) is 12.4. The Hall–Kier alpha value is -2.65. The summed E-state index contributed by atoms with van der Waals surface area (Å²) in [5.41, 5.74) is 3.77. The fourth-order valence-electron chi connectivity index (χ4n) is 3.55. The number of anilines is 2. The molecule has 0 heterocycles. The Morgan fingerprint density at radius 2 is 1.70 bits per heavy atom. The van der Waals surface area contributed by atoms with Gasteiger partial charge in [-0.25, -0.2) is 0 Å². The van der Waals surface area contributed by atoms with Gasteiger partial charge in [-0.15, -0.1) is 6.42 Å². The summed E-state index contributed by atoms with van der Waals surface area (Å²) in [5.74, 6) is -0.301. The van der Waals surface area contributed by atoms with Gasteiger partial charge < -0.3 is 20.2 Å². The summed E-state index contributed by atoms with van der Waals surface area (Å²) >= 11 is 0. The molecule has 3 aromatic rings. The predicted octanol–water partition coefficient (Wildman–Crippen LogP) is 6.32. The van der Waals surface area contributed by atoms with Gasteiger partial charge in [0.05, 0.1) is 6.61 Å². The van der Waals surface area contributed by atoms with Crippen molar-refractivity contribution >= 4 is 67.3 Å². The zero-order chi connectivity index (χ0) is 29.3. The Morgan fingerprint density at radius 3 is 2.35 bits per heavy atom. The molecule has 0 spiro atoms. The van der Waals surface area contributed by atoms with Gasteiger partial charge >= 0.3 is 7.52 Å². The van der Waals surface area contributed by atoms with Crippen LogP contribution < -0.4 is 15.7 Å². The number of fused-ring (bicyclic) bond motifs is 1. The molecular weight excluding hydrogens is 589 g/mol. The largest absolute Gasteiger partial charge is 0.383 e. The summed E-state index contributed by atoms with van der Waals surface area (Å²) in [7, 11) is -4.54. The van der Waals surface area contributed by atoms with E-state index in [0.717, 1.165) is 0 Å². The number of rotatable bonds is 14. The van der Waals surface area contributed by atoms with Gasteiger partial charge in [-0.05, 0) is 36.4 Å². The molecular formula is C27H32N3O6PS3. The maximum Gasteiger partial charge on any atom is 0.367 e. The van der Waals surface area contributed by atoms with E-state index in [1.54, 1.807) is 76.2 Å². The van der Waals surface area contributed by atoms with E-state index in [0.29, 0.717) is 46.1 Å². The molecule has 13 heteroatoms. The fourth-order valence-corrected chi connectivity index (χ4v) is 7.42.